The van der Waals surface area contributed by atoms with Crippen molar-refractivity contribution >= 4 is 23.3 Å². The lowest BCUT2D eigenvalue weighted by Crippen LogP contribution is -2.35. The highest BCUT2D eigenvalue weighted by Crippen LogP contribution is 2.26. The number of nitrogens with zero attached hydrogens (tertiary/aromatic N) is 5. The van der Waals surface area contributed by atoms with Crippen LogP contribution in [-0.4, -0.2) is 50.2 Å². The van der Waals surface area contributed by atoms with Gasteiger partial charge in [0.25, 0.3) is 5.69 Å². The third-order valence-corrected chi connectivity index (χ3v) is 5.21. The number of nitro benzene ring substituents is 1. The molecule has 11 heteroatoms. The molecule has 178 valence electrons. The average Bonchev–Trinajstić information content (AvgIpc) is 3.45. The molecule has 2 aromatic carbocycles. The number of aryl methyl sites for hydroxylation is 1. The summed E-state index contributed by atoms with van der Waals surface area (Å²) in [6, 6.07) is 16.9. The minimum Gasteiger partial charge on any atom is -0.360 e. The molecule has 1 N–H and O–H groups in total. The zero-order valence-corrected chi connectivity index (χ0v) is 19.0. The Hall–Kier alpha value is -4.80. The number of amides is 2. The van der Waals surface area contributed by atoms with Crippen molar-refractivity contribution in [3.05, 3.63) is 88.3 Å². The van der Waals surface area contributed by atoms with Gasteiger partial charge in [0.15, 0.2) is 5.82 Å². The van der Waals surface area contributed by atoms with Crippen LogP contribution in [0.1, 0.15) is 11.3 Å². The maximum atomic E-state index is 13.0. The van der Waals surface area contributed by atoms with Crippen molar-refractivity contribution in [1.82, 2.24) is 19.8 Å². The van der Waals surface area contributed by atoms with Crippen LogP contribution in [0.2, 0.25) is 0 Å². The number of rotatable bonds is 8. The van der Waals surface area contributed by atoms with Crippen LogP contribution in [0, 0.1) is 17.0 Å². The Labute approximate surface area is 200 Å². The third kappa shape index (κ3) is 5.58. The molecule has 0 saturated carbocycles. The van der Waals surface area contributed by atoms with Gasteiger partial charge in [0, 0.05) is 42.6 Å². The number of anilines is 1. The van der Waals surface area contributed by atoms with E-state index in [2.05, 4.69) is 15.6 Å². The van der Waals surface area contributed by atoms with Gasteiger partial charge in [-0.3, -0.25) is 19.7 Å². The van der Waals surface area contributed by atoms with Crippen LogP contribution < -0.4 is 5.32 Å². The van der Waals surface area contributed by atoms with E-state index in [-0.39, 0.29) is 30.4 Å². The second-order valence-corrected chi connectivity index (χ2v) is 7.88. The Morgan fingerprint density at radius 2 is 1.86 bits per heavy atom. The van der Waals surface area contributed by atoms with Gasteiger partial charge in [-0.1, -0.05) is 23.4 Å². The number of benzene rings is 2. The Morgan fingerprint density at radius 1 is 1.14 bits per heavy atom. The number of nitrogens with one attached hydrogen (secondary N) is 1. The largest absolute Gasteiger partial charge is 0.360 e. The summed E-state index contributed by atoms with van der Waals surface area (Å²) in [6.07, 6.45) is 1.72. The standard InChI is InChI=1S/C24H22N6O5/c1-16-12-21(27-35-16)25-22(31)15-28(2)23(32)13-18-14-29(19-6-4-3-5-7-19)26-24(18)17-8-10-20(11-9-17)30(33)34/h3-12,14H,13,15H2,1-2H3,(H,25,27,31). The van der Waals surface area contributed by atoms with Gasteiger partial charge in [-0.15, -0.1) is 0 Å². The third-order valence-electron chi connectivity index (χ3n) is 5.21. The van der Waals surface area contributed by atoms with Gasteiger partial charge >= 0.3 is 0 Å². The Balaban J connectivity index is 1.55. The predicted molar refractivity (Wildman–Crippen MR) is 127 cm³/mol. The van der Waals surface area contributed by atoms with Crippen molar-refractivity contribution in [3.63, 3.8) is 0 Å². The molecule has 0 saturated heterocycles. The highest BCUT2D eigenvalue weighted by Gasteiger charge is 2.20. The van der Waals surface area contributed by atoms with E-state index in [1.54, 1.807) is 36.0 Å². The van der Waals surface area contributed by atoms with E-state index in [0.29, 0.717) is 22.6 Å². The molecule has 2 amide bonds. The number of carbonyl (C=O) groups is 2. The van der Waals surface area contributed by atoms with Gasteiger partial charge in [-0.05, 0) is 31.2 Å². The minimum atomic E-state index is -0.475. The summed E-state index contributed by atoms with van der Waals surface area (Å²) in [6.45, 7) is 1.53. The fourth-order valence-corrected chi connectivity index (χ4v) is 3.45. The summed E-state index contributed by atoms with van der Waals surface area (Å²) in [7, 11) is 1.53. The van der Waals surface area contributed by atoms with E-state index >= 15 is 0 Å². The quantitative estimate of drug-likeness (QED) is 0.305. The Bertz CT molecular complexity index is 1360. The van der Waals surface area contributed by atoms with E-state index in [1.807, 2.05) is 30.3 Å². The van der Waals surface area contributed by atoms with E-state index in [9.17, 15) is 19.7 Å². The molecule has 0 aliphatic heterocycles. The maximum Gasteiger partial charge on any atom is 0.269 e. The highest BCUT2D eigenvalue weighted by atomic mass is 16.6. The molecule has 0 atom stereocenters. The molecule has 11 nitrogen and oxygen atoms in total. The number of para-hydroxylation sites is 1. The van der Waals surface area contributed by atoms with E-state index < -0.39 is 10.8 Å². The highest BCUT2D eigenvalue weighted by molar-refractivity contribution is 5.94. The van der Waals surface area contributed by atoms with Crippen molar-refractivity contribution in [2.75, 3.05) is 18.9 Å². The molecule has 2 heterocycles. The zero-order chi connectivity index (χ0) is 24.9. The van der Waals surface area contributed by atoms with Gasteiger partial charge in [-0.25, -0.2) is 4.68 Å². The lowest BCUT2D eigenvalue weighted by molar-refractivity contribution is -0.384. The topological polar surface area (TPSA) is 136 Å². The van der Waals surface area contributed by atoms with Crippen LogP contribution in [-0.2, 0) is 16.0 Å². The molecule has 4 aromatic rings. The van der Waals surface area contributed by atoms with E-state index in [4.69, 9.17) is 4.52 Å². The summed E-state index contributed by atoms with van der Waals surface area (Å²) in [5, 5.41) is 21.9. The molecule has 0 fully saturated rings. The fourth-order valence-electron chi connectivity index (χ4n) is 3.45. The van der Waals surface area contributed by atoms with Crippen molar-refractivity contribution in [2.24, 2.45) is 0 Å². The summed E-state index contributed by atoms with van der Waals surface area (Å²) in [5.74, 6) is 0.119. The summed E-state index contributed by atoms with van der Waals surface area (Å²) in [5.41, 5.74) is 2.53. The first-order valence-electron chi connectivity index (χ1n) is 10.7. The van der Waals surface area contributed by atoms with Crippen molar-refractivity contribution in [3.8, 4) is 16.9 Å². The molecule has 4 rings (SSSR count). The number of nitro groups is 1. The van der Waals surface area contributed by atoms with Gasteiger partial charge in [0.1, 0.15) is 5.76 Å². The second-order valence-electron chi connectivity index (χ2n) is 7.88. The lowest BCUT2D eigenvalue weighted by atomic mass is 10.1. The first kappa shape index (κ1) is 23.4. The number of non-ortho nitro benzene ring substituents is 1. The van der Waals surface area contributed by atoms with Gasteiger partial charge in [0.2, 0.25) is 11.8 Å². The summed E-state index contributed by atoms with van der Waals surface area (Å²) >= 11 is 0. The van der Waals surface area contributed by atoms with Crippen molar-refractivity contribution in [2.45, 2.75) is 13.3 Å². The van der Waals surface area contributed by atoms with Crippen LogP contribution in [0.3, 0.4) is 0 Å². The molecule has 0 unspecified atom stereocenters. The first-order chi connectivity index (χ1) is 16.8. The molecule has 2 aromatic heterocycles. The molecule has 0 bridgehead atoms. The molecular weight excluding hydrogens is 452 g/mol. The lowest BCUT2D eigenvalue weighted by Gasteiger charge is -2.16. The molecule has 0 aliphatic rings. The zero-order valence-electron chi connectivity index (χ0n) is 19.0. The summed E-state index contributed by atoms with van der Waals surface area (Å²) in [4.78, 5) is 37.1. The van der Waals surface area contributed by atoms with Crippen LogP contribution in [0.15, 0.2) is 71.4 Å². The minimum absolute atomic E-state index is 0.0218. The molecule has 0 aliphatic carbocycles. The van der Waals surface area contributed by atoms with Gasteiger partial charge in [0.05, 0.1) is 29.3 Å². The smallest absolute Gasteiger partial charge is 0.269 e. The Morgan fingerprint density at radius 3 is 2.49 bits per heavy atom. The molecular formula is C24H22N6O5. The first-order valence-corrected chi connectivity index (χ1v) is 10.7. The Kier molecular flexibility index (Phi) is 6.67. The monoisotopic (exact) mass is 474 g/mol. The molecule has 0 spiro atoms. The van der Waals surface area contributed by atoms with Gasteiger partial charge in [-0.2, -0.15) is 5.10 Å². The number of carbonyl (C=O) groups excluding carboxylic acids is 2. The van der Waals surface area contributed by atoms with Gasteiger partial charge < -0.3 is 14.7 Å². The SMILES string of the molecule is Cc1cc(NC(=O)CN(C)C(=O)Cc2cn(-c3ccccc3)nc2-c2ccc([N+](=O)[O-])cc2)no1. The van der Waals surface area contributed by atoms with E-state index in [0.717, 1.165) is 5.69 Å². The number of hydrogen-bond acceptors (Lipinski definition) is 7. The number of aromatic nitrogens is 3. The van der Waals surface area contributed by atoms with Crippen molar-refractivity contribution in [1.29, 1.82) is 0 Å². The summed E-state index contributed by atoms with van der Waals surface area (Å²) < 4.78 is 6.57. The molecule has 0 radical (unpaired) electrons. The van der Waals surface area contributed by atoms with E-state index in [1.165, 1.54) is 24.1 Å². The van der Waals surface area contributed by atoms with Crippen LogP contribution in [0.5, 0.6) is 0 Å². The fraction of sp³-hybridized carbons (Fsp3) is 0.167. The number of hydrogen-bond donors (Lipinski definition) is 1. The second kappa shape index (κ2) is 10.00. The maximum absolute atomic E-state index is 13.0. The normalized spacial score (nSPS) is 10.7. The van der Waals surface area contributed by atoms with Crippen LogP contribution in [0.25, 0.3) is 16.9 Å². The van der Waals surface area contributed by atoms with Crippen LogP contribution >= 0.6 is 0 Å². The number of likely N-dealkylation sites (N-methyl/N-ethyl adjacent to an activating group) is 1. The molecule has 35 heavy (non-hydrogen) atoms. The average molecular weight is 474 g/mol. The predicted octanol–water partition coefficient (Wildman–Crippen LogP) is 3.38. The van der Waals surface area contributed by atoms with Crippen LogP contribution in [0.4, 0.5) is 11.5 Å². The van der Waals surface area contributed by atoms with Crippen molar-refractivity contribution < 1.29 is 19.0 Å².